The van der Waals surface area contributed by atoms with Crippen molar-refractivity contribution < 1.29 is 9.90 Å². The summed E-state index contributed by atoms with van der Waals surface area (Å²) in [7, 11) is 1.85. The number of piperidine rings is 1. The highest BCUT2D eigenvalue weighted by Gasteiger charge is 2.28. The number of amides is 1. The van der Waals surface area contributed by atoms with Gasteiger partial charge in [0.05, 0.1) is 17.9 Å². The third-order valence-electron chi connectivity index (χ3n) is 4.53. The number of nitrogens with zero attached hydrogens (tertiary/aromatic N) is 4. The monoisotopic (exact) mass is 323 g/mol. The SMILES string of the molecule is CC(C)CC(NCc1cnnn1C)C(=O)N1CCC(CO)CC1. The topological polar surface area (TPSA) is 83.3 Å². The Morgan fingerprint density at radius 2 is 2.13 bits per heavy atom. The lowest BCUT2D eigenvalue weighted by Crippen LogP contribution is -2.49. The fourth-order valence-electron chi connectivity index (χ4n) is 3.00. The van der Waals surface area contributed by atoms with E-state index in [9.17, 15) is 9.90 Å². The van der Waals surface area contributed by atoms with Crippen LogP contribution in [0.2, 0.25) is 0 Å². The zero-order valence-corrected chi connectivity index (χ0v) is 14.4. The molecule has 1 aromatic heterocycles. The first kappa shape index (κ1) is 17.9. The van der Waals surface area contributed by atoms with Crippen LogP contribution in [-0.4, -0.2) is 56.6 Å². The second-order valence-corrected chi connectivity index (χ2v) is 6.86. The Kier molecular flexibility index (Phi) is 6.53. The number of likely N-dealkylation sites (tertiary alicyclic amines) is 1. The van der Waals surface area contributed by atoms with E-state index in [1.54, 1.807) is 10.9 Å². The van der Waals surface area contributed by atoms with Gasteiger partial charge in [-0.1, -0.05) is 19.1 Å². The van der Waals surface area contributed by atoms with E-state index in [1.807, 2.05) is 11.9 Å². The molecule has 0 aliphatic carbocycles. The summed E-state index contributed by atoms with van der Waals surface area (Å²) >= 11 is 0. The van der Waals surface area contributed by atoms with Crippen LogP contribution in [0.3, 0.4) is 0 Å². The summed E-state index contributed by atoms with van der Waals surface area (Å²) in [5.74, 6) is 0.956. The van der Waals surface area contributed by atoms with Gasteiger partial charge in [-0.05, 0) is 31.1 Å². The van der Waals surface area contributed by atoms with Crippen molar-refractivity contribution in [3.8, 4) is 0 Å². The highest BCUT2D eigenvalue weighted by atomic mass is 16.3. The standard InChI is InChI=1S/C16H29N5O2/c1-12(2)8-15(17-9-14-10-18-19-20(14)3)16(23)21-6-4-13(11-22)5-7-21/h10,12-13,15,17,22H,4-9,11H2,1-3H3. The maximum Gasteiger partial charge on any atom is 0.239 e. The molecule has 130 valence electrons. The van der Waals surface area contributed by atoms with Crippen LogP contribution in [0.4, 0.5) is 0 Å². The third kappa shape index (κ3) is 5.00. The molecule has 7 nitrogen and oxygen atoms in total. The van der Waals surface area contributed by atoms with E-state index in [2.05, 4.69) is 29.5 Å². The largest absolute Gasteiger partial charge is 0.396 e. The van der Waals surface area contributed by atoms with Gasteiger partial charge in [0.1, 0.15) is 0 Å². The second kappa shape index (κ2) is 8.40. The summed E-state index contributed by atoms with van der Waals surface area (Å²) < 4.78 is 1.72. The third-order valence-corrected chi connectivity index (χ3v) is 4.53. The molecule has 0 saturated carbocycles. The van der Waals surface area contributed by atoms with Gasteiger partial charge in [0.2, 0.25) is 5.91 Å². The van der Waals surface area contributed by atoms with Crippen LogP contribution in [0.1, 0.15) is 38.8 Å². The van der Waals surface area contributed by atoms with Crippen molar-refractivity contribution in [3.05, 3.63) is 11.9 Å². The van der Waals surface area contributed by atoms with Crippen LogP contribution in [0, 0.1) is 11.8 Å². The lowest BCUT2D eigenvalue weighted by atomic mass is 9.96. The lowest BCUT2D eigenvalue weighted by molar-refractivity contribution is -0.135. The number of aryl methyl sites for hydroxylation is 1. The summed E-state index contributed by atoms with van der Waals surface area (Å²) in [6.07, 6.45) is 4.31. The molecule has 1 aromatic rings. The van der Waals surface area contributed by atoms with E-state index < -0.39 is 0 Å². The summed E-state index contributed by atoms with van der Waals surface area (Å²) in [5, 5.41) is 20.4. The number of hydrogen-bond donors (Lipinski definition) is 2. The van der Waals surface area contributed by atoms with Gasteiger partial charge < -0.3 is 15.3 Å². The first-order valence-corrected chi connectivity index (χ1v) is 8.47. The molecule has 0 bridgehead atoms. The predicted molar refractivity (Wildman–Crippen MR) is 87.5 cm³/mol. The fraction of sp³-hybridized carbons (Fsp3) is 0.812. The minimum absolute atomic E-state index is 0.171. The molecular formula is C16H29N5O2. The second-order valence-electron chi connectivity index (χ2n) is 6.86. The van der Waals surface area contributed by atoms with Gasteiger partial charge in [-0.15, -0.1) is 5.10 Å². The zero-order valence-electron chi connectivity index (χ0n) is 14.4. The zero-order chi connectivity index (χ0) is 16.8. The van der Waals surface area contributed by atoms with Crippen molar-refractivity contribution in [2.45, 2.75) is 45.7 Å². The van der Waals surface area contributed by atoms with Gasteiger partial charge in [-0.25, -0.2) is 0 Å². The smallest absolute Gasteiger partial charge is 0.239 e. The summed E-state index contributed by atoms with van der Waals surface area (Å²) in [6, 6.07) is -0.185. The maximum absolute atomic E-state index is 12.8. The molecule has 1 unspecified atom stereocenters. The number of nitrogens with one attached hydrogen (secondary N) is 1. The Labute approximate surface area is 138 Å². The summed E-state index contributed by atoms with van der Waals surface area (Å²) in [6.45, 7) is 6.56. The van der Waals surface area contributed by atoms with Crippen molar-refractivity contribution in [1.29, 1.82) is 0 Å². The van der Waals surface area contributed by atoms with Gasteiger partial charge in [0.15, 0.2) is 0 Å². The highest BCUT2D eigenvalue weighted by molar-refractivity contribution is 5.82. The number of aliphatic hydroxyl groups is 1. The van der Waals surface area contributed by atoms with Crippen LogP contribution >= 0.6 is 0 Å². The average molecular weight is 323 g/mol. The van der Waals surface area contributed by atoms with E-state index in [1.165, 1.54) is 0 Å². The van der Waals surface area contributed by atoms with Crippen LogP contribution in [0.5, 0.6) is 0 Å². The molecule has 2 N–H and O–H groups in total. The molecular weight excluding hydrogens is 294 g/mol. The van der Waals surface area contributed by atoms with Crippen molar-refractivity contribution in [2.24, 2.45) is 18.9 Å². The van der Waals surface area contributed by atoms with Gasteiger partial charge >= 0.3 is 0 Å². The van der Waals surface area contributed by atoms with Crippen molar-refractivity contribution >= 4 is 5.91 Å². The lowest BCUT2D eigenvalue weighted by Gasteiger charge is -2.34. The predicted octanol–water partition coefficient (Wildman–Crippen LogP) is 0.550. The number of hydrogen-bond acceptors (Lipinski definition) is 5. The molecule has 1 aliphatic heterocycles. The van der Waals surface area contributed by atoms with E-state index in [0.29, 0.717) is 18.4 Å². The molecule has 7 heteroatoms. The van der Waals surface area contributed by atoms with E-state index in [4.69, 9.17) is 0 Å². The molecule has 0 aromatic carbocycles. The first-order valence-electron chi connectivity index (χ1n) is 8.47. The molecule has 1 atom stereocenters. The normalized spacial score (nSPS) is 17.7. The van der Waals surface area contributed by atoms with Crippen LogP contribution in [0.15, 0.2) is 6.20 Å². The Morgan fingerprint density at radius 3 is 2.65 bits per heavy atom. The van der Waals surface area contributed by atoms with Crippen molar-refractivity contribution in [3.63, 3.8) is 0 Å². The first-order chi connectivity index (χ1) is 11.0. The average Bonchev–Trinajstić information content (AvgIpc) is 2.95. The molecule has 2 heterocycles. The Morgan fingerprint density at radius 1 is 1.43 bits per heavy atom. The Hall–Kier alpha value is -1.47. The molecule has 1 fully saturated rings. The molecule has 1 aliphatic rings. The molecule has 1 amide bonds. The van der Waals surface area contributed by atoms with E-state index in [-0.39, 0.29) is 18.6 Å². The van der Waals surface area contributed by atoms with Crippen LogP contribution in [-0.2, 0) is 18.4 Å². The van der Waals surface area contributed by atoms with Gasteiger partial charge in [0.25, 0.3) is 0 Å². The van der Waals surface area contributed by atoms with Gasteiger partial charge in [0, 0.05) is 33.3 Å². The van der Waals surface area contributed by atoms with E-state index in [0.717, 1.165) is 38.0 Å². The number of aliphatic hydroxyl groups excluding tert-OH is 1. The van der Waals surface area contributed by atoms with Gasteiger partial charge in [-0.2, -0.15) is 0 Å². The van der Waals surface area contributed by atoms with Crippen LogP contribution in [0.25, 0.3) is 0 Å². The Balaban J connectivity index is 1.94. The highest BCUT2D eigenvalue weighted by Crippen LogP contribution is 2.18. The maximum atomic E-state index is 12.8. The van der Waals surface area contributed by atoms with E-state index >= 15 is 0 Å². The molecule has 1 saturated heterocycles. The number of carbonyl (C=O) groups is 1. The Bertz CT molecular complexity index is 494. The number of rotatable bonds is 7. The summed E-state index contributed by atoms with van der Waals surface area (Å²) in [5.41, 5.74) is 0.963. The molecule has 0 spiro atoms. The van der Waals surface area contributed by atoms with Crippen LogP contribution < -0.4 is 5.32 Å². The van der Waals surface area contributed by atoms with Crippen molar-refractivity contribution in [2.75, 3.05) is 19.7 Å². The minimum atomic E-state index is -0.185. The molecule has 0 radical (unpaired) electrons. The number of carbonyl (C=O) groups excluding carboxylic acids is 1. The van der Waals surface area contributed by atoms with Crippen molar-refractivity contribution in [1.82, 2.24) is 25.2 Å². The van der Waals surface area contributed by atoms with Gasteiger partial charge in [-0.3, -0.25) is 9.48 Å². The summed E-state index contributed by atoms with van der Waals surface area (Å²) in [4.78, 5) is 14.8. The fourth-order valence-corrected chi connectivity index (χ4v) is 3.00. The minimum Gasteiger partial charge on any atom is -0.396 e. The number of aromatic nitrogens is 3. The molecule has 23 heavy (non-hydrogen) atoms. The molecule has 2 rings (SSSR count). The quantitative estimate of drug-likeness (QED) is 0.766.